The molecule has 1 rings (SSSR count). The first-order chi connectivity index (χ1) is 5.70. The molecule has 0 bridgehead atoms. The molecule has 0 aliphatic carbocycles. The van der Waals surface area contributed by atoms with Crippen molar-refractivity contribution in [2.24, 2.45) is 5.73 Å². The lowest BCUT2D eigenvalue weighted by atomic mass is 10.3. The monoisotopic (exact) mass is 169 g/mol. The van der Waals surface area contributed by atoms with E-state index in [0.29, 0.717) is 0 Å². The minimum absolute atomic E-state index is 0.281. The Labute approximate surface area is 68.9 Å². The van der Waals surface area contributed by atoms with E-state index >= 15 is 0 Å². The van der Waals surface area contributed by atoms with Gasteiger partial charge >= 0.3 is 6.36 Å². The van der Waals surface area contributed by atoms with Gasteiger partial charge in [-0.05, 0) is 12.1 Å². The molecule has 1 atom stereocenters. The van der Waals surface area contributed by atoms with Gasteiger partial charge in [0.1, 0.15) is 5.75 Å². The van der Waals surface area contributed by atoms with Crippen molar-refractivity contribution >= 4 is 5.91 Å². The Balaban J connectivity index is 2.58. The minimum Gasteiger partial charge on any atom is -0.452 e. The predicted molar refractivity (Wildman–Crippen MR) is 41.2 cm³/mol. The normalized spacial score (nSPS) is 12.1. The number of carbonyl (C=O) groups is 1. The fraction of sp³-hybridized carbons (Fsp3) is 0.125. The van der Waals surface area contributed by atoms with Crippen LogP contribution in [-0.4, -0.2) is 12.3 Å². The Morgan fingerprint density at radius 1 is 1.42 bits per heavy atom. The van der Waals surface area contributed by atoms with Gasteiger partial charge < -0.3 is 10.5 Å². The van der Waals surface area contributed by atoms with E-state index in [2.05, 4.69) is 10.5 Å². The molecule has 0 aliphatic heterocycles. The molecule has 0 saturated heterocycles. The number of hydrogen-bond donors (Lipinski definition) is 1. The third kappa shape index (κ3) is 2.23. The molecule has 1 amide bonds. The zero-order valence-electron chi connectivity index (χ0n) is 6.24. The number of amides is 1. The Morgan fingerprint density at radius 2 is 2.00 bits per heavy atom. The molecule has 1 aromatic rings. The molecule has 3 nitrogen and oxygen atoms in total. The third-order valence-corrected chi connectivity index (χ3v) is 1.21. The van der Waals surface area contributed by atoms with E-state index in [-0.39, 0.29) is 5.75 Å². The number of nitrogens with two attached hydrogens (primary N) is 1. The molecule has 1 aromatic carbocycles. The van der Waals surface area contributed by atoms with Crippen molar-refractivity contribution in [1.82, 2.24) is 0 Å². The lowest BCUT2D eigenvalue weighted by molar-refractivity contribution is -0.131. The number of primary amides is 1. The standard InChI is InChI=1S/C8H8FNO2/c9-7(8(10)11)12-6-4-2-1-3-5-6/h1-5,7H,(H2,10,11). The predicted octanol–water partition coefficient (Wildman–Crippen LogP) is 0.846. The van der Waals surface area contributed by atoms with E-state index < -0.39 is 12.3 Å². The van der Waals surface area contributed by atoms with Gasteiger partial charge in [-0.15, -0.1) is 0 Å². The van der Waals surface area contributed by atoms with Crippen LogP contribution < -0.4 is 10.5 Å². The summed E-state index contributed by atoms with van der Waals surface area (Å²) in [6.07, 6.45) is -2.08. The largest absolute Gasteiger partial charge is 0.452 e. The Hall–Kier alpha value is -1.58. The minimum atomic E-state index is -2.08. The van der Waals surface area contributed by atoms with Crippen LogP contribution in [0.5, 0.6) is 5.75 Å². The molecule has 0 fully saturated rings. The van der Waals surface area contributed by atoms with E-state index in [9.17, 15) is 9.18 Å². The van der Waals surface area contributed by atoms with Gasteiger partial charge in [-0.1, -0.05) is 18.2 Å². The first-order valence-electron chi connectivity index (χ1n) is 3.35. The highest BCUT2D eigenvalue weighted by atomic mass is 19.1. The zero-order chi connectivity index (χ0) is 8.97. The SMILES string of the molecule is NC(=O)C(F)Oc1ccccc1. The maximum atomic E-state index is 12.5. The van der Waals surface area contributed by atoms with Crippen molar-refractivity contribution in [2.45, 2.75) is 6.36 Å². The highest BCUT2D eigenvalue weighted by Crippen LogP contribution is 2.10. The lowest BCUT2D eigenvalue weighted by Crippen LogP contribution is -2.29. The summed E-state index contributed by atoms with van der Waals surface area (Å²) in [6.45, 7) is 0. The molecule has 0 heterocycles. The van der Waals surface area contributed by atoms with Crippen LogP contribution in [0.3, 0.4) is 0 Å². The first kappa shape index (κ1) is 8.52. The van der Waals surface area contributed by atoms with Crippen molar-refractivity contribution in [1.29, 1.82) is 0 Å². The molecule has 4 heteroatoms. The number of alkyl halides is 1. The van der Waals surface area contributed by atoms with Gasteiger partial charge in [0.2, 0.25) is 0 Å². The van der Waals surface area contributed by atoms with E-state index in [1.165, 1.54) is 12.1 Å². The number of benzene rings is 1. The topological polar surface area (TPSA) is 52.3 Å². The summed E-state index contributed by atoms with van der Waals surface area (Å²) in [5.74, 6) is -0.845. The van der Waals surface area contributed by atoms with Crippen LogP contribution in [0, 0.1) is 0 Å². The Bertz CT molecular complexity index is 263. The van der Waals surface area contributed by atoms with Crippen LogP contribution in [0.1, 0.15) is 0 Å². The summed E-state index contributed by atoms with van der Waals surface area (Å²) in [7, 11) is 0. The van der Waals surface area contributed by atoms with Crippen LogP contribution in [0.25, 0.3) is 0 Å². The van der Waals surface area contributed by atoms with Gasteiger partial charge in [0.25, 0.3) is 5.91 Å². The third-order valence-electron chi connectivity index (χ3n) is 1.21. The highest BCUT2D eigenvalue weighted by Gasteiger charge is 2.13. The van der Waals surface area contributed by atoms with Crippen molar-refractivity contribution in [2.75, 3.05) is 0 Å². The molecule has 2 N–H and O–H groups in total. The Morgan fingerprint density at radius 3 is 2.50 bits per heavy atom. The van der Waals surface area contributed by atoms with Crippen molar-refractivity contribution in [3.63, 3.8) is 0 Å². The van der Waals surface area contributed by atoms with Crippen LogP contribution >= 0.6 is 0 Å². The number of ether oxygens (including phenoxy) is 1. The fourth-order valence-electron chi connectivity index (χ4n) is 0.677. The van der Waals surface area contributed by atoms with E-state index in [1.807, 2.05) is 0 Å². The van der Waals surface area contributed by atoms with Crippen LogP contribution in [0.4, 0.5) is 4.39 Å². The maximum Gasteiger partial charge on any atom is 0.316 e. The highest BCUT2D eigenvalue weighted by molar-refractivity contribution is 5.77. The lowest BCUT2D eigenvalue weighted by Gasteiger charge is -2.06. The molecular formula is C8H8FNO2. The Kier molecular flexibility index (Phi) is 2.63. The van der Waals surface area contributed by atoms with Crippen LogP contribution in [0.2, 0.25) is 0 Å². The smallest absolute Gasteiger partial charge is 0.316 e. The van der Waals surface area contributed by atoms with E-state index in [4.69, 9.17) is 0 Å². The van der Waals surface area contributed by atoms with Gasteiger partial charge in [-0.25, -0.2) is 0 Å². The quantitative estimate of drug-likeness (QED) is 0.729. The van der Waals surface area contributed by atoms with E-state index in [0.717, 1.165) is 0 Å². The van der Waals surface area contributed by atoms with Crippen LogP contribution in [0.15, 0.2) is 30.3 Å². The second kappa shape index (κ2) is 3.71. The van der Waals surface area contributed by atoms with Crippen molar-refractivity contribution in [3.05, 3.63) is 30.3 Å². The molecule has 0 aliphatic rings. The summed E-state index contributed by atoms with van der Waals surface area (Å²) in [6, 6.07) is 8.17. The average Bonchev–Trinajstić information content (AvgIpc) is 2.06. The molecule has 0 saturated carbocycles. The van der Waals surface area contributed by atoms with Crippen molar-refractivity contribution < 1.29 is 13.9 Å². The van der Waals surface area contributed by atoms with Gasteiger partial charge in [0.05, 0.1) is 0 Å². The van der Waals surface area contributed by atoms with Gasteiger partial charge in [0, 0.05) is 0 Å². The molecule has 0 spiro atoms. The number of para-hydroxylation sites is 1. The number of hydrogen-bond acceptors (Lipinski definition) is 2. The summed E-state index contributed by atoms with van der Waals surface area (Å²) in [5, 5.41) is 0. The van der Waals surface area contributed by atoms with Gasteiger partial charge in [-0.3, -0.25) is 4.79 Å². The molecule has 1 unspecified atom stereocenters. The summed E-state index contributed by atoms with van der Waals surface area (Å²) in [5.41, 5.74) is 4.64. The zero-order valence-corrected chi connectivity index (χ0v) is 6.24. The molecule has 0 aromatic heterocycles. The number of carbonyl (C=O) groups excluding carboxylic acids is 1. The first-order valence-corrected chi connectivity index (χ1v) is 3.35. The second-order valence-electron chi connectivity index (χ2n) is 2.15. The van der Waals surface area contributed by atoms with Gasteiger partial charge in [0.15, 0.2) is 0 Å². The second-order valence-corrected chi connectivity index (χ2v) is 2.15. The van der Waals surface area contributed by atoms with Crippen molar-refractivity contribution in [3.8, 4) is 5.75 Å². The molecular weight excluding hydrogens is 161 g/mol. The summed E-state index contributed by atoms with van der Waals surface area (Å²) < 4.78 is 17.0. The molecule has 0 radical (unpaired) electrons. The van der Waals surface area contributed by atoms with Crippen LogP contribution in [-0.2, 0) is 4.79 Å². The molecule has 12 heavy (non-hydrogen) atoms. The average molecular weight is 169 g/mol. The summed E-state index contributed by atoms with van der Waals surface area (Å²) in [4.78, 5) is 10.2. The van der Waals surface area contributed by atoms with E-state index in [1.54, 1.807) is 18.2 Å². The van der Waals surface area contributed by atoms with Gasteiger partial charge in [-0.2, -0.15) is 4.39 Å². The number of halogens is 1. The fourth-order valence-corrected chi connectivity index (χ4v) is 0.677. The molecule has 64 valence electrons. The maximum absolute atomic E-state index is 12.5. The summed E-state index contributed by atoms with van der Waals surface area (Å²) >= 11 is 0. The number of rotatable bonds is 3.